The third-order valence-corrected chi connectivity index (χ3v) is 12.4. The summed E-state index contributed by atoms with van der Waals surface area (Å²) in [5.41, 5.74) is 18.1. The zero-order chi connectivity index (χ0) is 57.6. The lowest BCUT2D eigenvalue weighted by Gasteiger charge is -2.28. The number of aliphatic hydroxyl groups is 2. The number of amides is 8. The highest BCUT2D eigenvalue weighted by atomic mass is 16.4. The summed E-state index contributed by atoms with van der Waals surface area (Å²) in [4.78, 5) is 153. The van der Waals surface area contributed by atoms with Gasteiger partial charge >= 0.3 is 17.9 Å². The van der Waals surface area contributed by atoms with Crippen LogP contribution in [0.2, 0.25) is 0 Å². The number of H-pyrrole nitrogens is 1. The molecule has 0 saturated carbocycles. The van der Waals surface area contributed by atoms with Gasteiger partial charge in [0.25, 0.3) is 0 Å². The standard InChI is InChI=1S/C49H67N13O16/c1-25(64)40(50)46(75)61-35(24-63)45(74)57-30(13-7-17-53-49(51)52)42(71)58-31(15-16-38(66)67)43(72)59-33(20-27-22-54-29-12-6-5-11-28(27)29)41(70)55-23-37(65)56-32(19-26-9-3-2-4-10-26)44(73)60-34(21-39(68)69)47(76)62-18-8-14-36(62)48(77)78/h2-6,9-12,22,25,30-36,40,54,63-64H,7-8,13-21,23-24,50H2,1H3,(H,55,70)(H,56,65)(H,57,74)(H,58,71)(H,59,72)(H,60,73)(H,61,75)(H,66,67)(H,68,69)(H,77,78)(H4,51,52,53)/t25-,30+,31+,32+,33+,34+,35+,36+,40+/m1/s1. The maximum atomic E-state index is 14.3. The number of rotatable bonds is 31. The Labute approximate surface area is 445 Å². The summed E-state index contributed by atoms with van der Waals surface area (Å²) < 4.78 is 0. The second kappa shape index (κ2) is 30.1. The van der Waals surface area contributed by atoms with Crippen LogP contribution in [-0.4, -0.2) is 187 Å². The average Bonchev–Trinajstić information content (AvgIpc) is 4.07. The highest BCUT2D eigenvalue weighted by Gasteiger charge is 2.40. The fourth-order valence-electron chi connectivity index (χ4n) is 8.27. The zero-order valence-electron chi connectivity index (χ0n) is 42.5. The van der Waals surface area contributed by atoms with Gasteiger partial charge in [0.05, 0.1) is 25.7 Å². The summed E-state index contributed by atoms with van der Waals surface area (Å²) in [5, 5.41) is 66.0. The van der Waals surface area contributed by atoms with Gasteiger partial charge in [-0.15, -0.1) is 0 Å². The number of para-hydroxylation sites is 1. The molecule has 0 unspecified atom stereocenters. The molecule has 2 aromatic carbocycles. The van der Waals surface area contributed by atoms with E-state index in [-0.39, 0.29) is 51.2 Å². The number of likely N-dealkylation sites (tertiary alicyclic amines) is 1. The molecular weight excluding hydrogens is 1030 g/mol. The van der Waals surface area contributed by atoms with Gasteiger partial charge in [0.1, 0.15) is 48.3 Å². The average molecular weight is 1090 g/mol. The number of carbonyl (C=O) groups excluding carboxylic acids is 8. The molecule has 4 rings (SSSR count). The number of aromatic amines is 1. The van der Waals surface area contributed by atoms with Gasteiger partial charge in [-0.2, -0.15) is 0 Å². The minimum absolute atomic E-state index is 0.00672. The normalized spacial score (nSPS) is 16.1. The van der Waals surface area contributed by atoms with Crippen molar-refractivity contribution in [2.45, 2.75) is 119 Å². The second-order valence-electron chi connectivity index (χ2n) is 18.4. The Balaban J connectivity index is 1.59. The third-order valence-electron chi connectivity index (χ3n) is 12.4. The van der Waals surface area contributed by atoms with Crippen LogP contribution in [0.15, 0.2) is 65.8 Å². The minimum Gasteiger partial charge on any atom is -0.481 e. The Hall–Kier alpha value is -8.70. The van der Waals surface area contributed by atoms with E-state index in [1.165, 1.54) is 6.92 Å². The van der Waals surface area contributed by atoms with Crippen LogP contribution in [0.3, 0.4) is 0 Å². The quantitative estimate of drug-likeness (QED) is 0.0163. The fraction of sp³-hybridized carbons (Fsp3) is 0.469. The van der Waals surface area contributed by atoms with E-state index in [4.69, 9.17) is 17.2 Å². The number of benzene rings is 2. The molecule has 1 saturated heterocycles. The van der Waals surface area contributed by atoms with E-state index in [9.17, 15) is 78.3 Å². The Morgan fingerprint density at radius 3 is 1.90 bits per heavy atom. The van der Waals surface area contributed by atoms with Crippen LogP contribution in [0.5, 0.6) is 0 Å². The van der Waals surface area contributed by atoms with E-state index in [0.717, 1.165) is 4.90 Å². The molecule has 2 heterocycles. The predicted molar refractivity (Wildman–Crippen MR) is 275 cm³/mol. The van der Waals surface area contributed by atoms with E-state index in [1.807, 2.05) is 0 Å². The molecule has 424 valence electrons. The summed E-state index contributed by atoms with van der Waals surface area (Å²) in [6.07, 6.45) is -2.24. The third kappa shape index (κ3) is 19.1. The van der Waals surface area contributed by atoms with Crippen LogP contribution in [0, 0.1) is 0 Å². The van der Waals surface area contributed by atoms with E-state index < -0.39 is 152 Å². The summed E-state index contributed by atoms with van der Waals surface area (Å²) in [6, 6.07) is 2.60. The van der Waals surface area contributed by atoms with Gasteiger partial charge in [0.2, 0.25) is 47.3 Å². The van der Waals surface area contributed by atoms with Gasteiger partial charge in [-0.3, -0.25) is 52.9 Å². The number of fused-ring (bicyclic) bond motifs is 1. The number of carbonyl (C=O) groups is 11. The minimum atomic E-state index is -1.73. The van der Waals surface area contributed by atoms with Crippen LogP contribution in [0.4, 0.5) is 0 Å². The van der Waals surface area contributed by atoms with Crippen molar-refractivity contribution in [1.29, 1.82) is 0 Å². The first-order chi connectivity index (χ1) is 37.0. The molecular formula is C49H67N13O16. The number of nitrogens with one attached hydrogen (secondary N) is 8. The van der Waals surface area contributed by atoms with Crippen molar-refractivity contribution in [2.24, 2.45) is 22.2 Å². The molecule has 0 radical (unpaired) electrons. The van der Waals surface area contributed by atoms with Gasteiger partial charge in [-0.25, -0.2) is 4.79 Å². The second-order valence-corrected chi connectivity index (χ2v) is 18.4. The van der Waals surface area contributed by atoms with Crippen molar-refractivity contribution in [1.82, 2.24) is 47.1 Å². The van der Waals surface area contributed by atoms with Gasteiger partial charge < -0.3 is 89.8 Å². The van der Waals surface area contributed by atoms with Crippen LogP contribution < -0.4 is 54.4 Å². The lowest BCUT2D eigenvalue weighted by molar-refractivity contribution is -0.150. The van der Waals surface area contributed by atoms with Crippen molar-refractivity contribution in [3.05, 3.63) is 71.9 Å². The number of carboxylic acid groups (broad SMARTS) is 3. The number of hydrogen-bond acceptors (Lipinski definition) is 15. The molecule has 29 nitrogen and oxygen atoms in total. The Bertz CT molecular complexity index is 2660. The molecule has 78 heavy (non-hydrogen) atoms. The van der Waals surface area contributed by atoms with E-state index in [0.29, 0.717) is 28.5 Å². The maximum Gasteiger partial charge on any atom is 0.326 e. The van der Waals surface area contributed by atoms with Crippen molar-refractivity contribution < 1.29 is 78.3 Å². The highest BCUT2D eigenvalue weighted by Crippen LogP contribution is 2.21. The molecule has 1 aliphatic rings. The first kappa shape index (κ1) is 61.8. The van der Waals surface area contributed by atoms with Crippen LogP contribution in [0.1, 0.15) is 63.0 Å². The van der Waals surface area contributed by atoms with Crippen molar-refractivity contribution in [3.63, 3.8) is 0 Å². The monoisotopic (exact) mass is 1090 g/mol. The number of aromatic nitrogens is 1. The number of aliphatic carboxylic acids is 3. The molecule has 29 heteroatoms. The topological polar surface area (TPSA) is 483 Å². The summed E-state index contributed by atoms with van der Waals surface area (Å²) in [5.74, 6) is -12.7. The summed E-state index contributed by atoms with van der Waals surface area (Å²) >= 11 is 0. The Morgan fingerprint density at radius 2 is 1.28 bits per heavy atom. The first-order valence-corrected chi connectivity index (χ1v) is 24.7. The molecule has 1 aliphatic heterocycles. The first-order valence-electron chi connectivity index (χ1n) is 24.7. The summed E-state index contributed by atoms with van der Waals surface area (Å²) in [7, 11) is 0. The highest BCUT2D eigenvalue weighted by molar-refractivity contribution is 5.98. The smallest absolute Gasteiger partial charge is 0.326 e. The number of guanidine groups is 1. The van der Waals surface area contributed by atoms with Crippen LogP contribution in [0.25, 0.3) is 10.9 Å². The molecule has 0 spiro atoms. The van der Waals surface area contributed by atoms with Crippen LogP contribution in [-0.2, 0) is 65.6 Å². The molecule has 1 aromatic heterocycles. The fourth-order valence-corrected chi connectivity index (χ4v) is 8.27. The lowest BCUT2D eigenvalue weighted by atomic mass is 10.0. The zero-order valence-corrected chi connectivity index (χ0v) is 42.5. The Kier molecular flexibility index (Phi) is 23.9. The van der Waals surface area contributed by atoms with E-state index in [1.54, 1.807) is 60.8 Å². The molecule has 19 N–H and O–H groups in total. The molecule has 1 fully saturated rings. The lowest BCUT2D eigenvalue weighted by Crippen LogP contribution is -2.60. The largest absolute Gasteiger partial charge is 0.481 e. The maximum absolute atomic E-state index is 14.3. The molecule has 9 atom stereocenters. The SMILES string of the molecule is C[C@@H](O)[C@H](N)C(=O)N[C@@H](CO)C(=O)N[C@@H](CCCN=C(N)N)C(=O)N[C@@H](CCC(=O)O)C(=O)N[C@@H](Cc1c[nH]c2ccccc12)C(=O)NCC(=O)N[C@@H](Cc1ccccc1)C(=O)N[C@@H](CC(=O)O)C(=O)N1CCC[C@H]1C(=O)O. The van der Waals surface area contributed by atoms with Crippen molar-refractivity contribution >= 4 is 82.0 Å². The number of aliphatic hydroxyl groups excluding tert-OH is 2. The molecule has 0 bridgehead atoms. The molecule has 0 aliphatic carbocycles. The predicted octanol–water partition coefficient (Wildman–Crippen LogP) is -4.85. The number of carboxylic acids is 3. The van der Waals surface area contributed by atoms with Gasteiger partial charge in [-0.1, -0.05) is 48.5 Å². The van der Waals surface area contributed by atoms with Gasteiger partial charge in [0, 0.05) is 49.5 Å². The van der Waals surface area contributed by atoms with Gasteiger partial charge in [0.15, 0.2) is 5.96 Å². The number of nitrogens with two attached hydrogens (primary N) is 3. The summed E-state index contributed by atoms with van der Waals surface area (Å²) in [6.45, 7) is -0.682. The number of hydrogen-bond donors (Lipinski definition) is 16. The molecule has 8 amide bonds. The van der Waals surface area contributed by atoms with Crippen molar-refractivity contribution in [2.75, 3.05) is 26.2 Å². The van der Waals surface area contributed by atoms with E-state index >= 15 is 0 Å². The number of nitrogens with zero attached hydrogens (tertiary/aromatic N) is 2. The van der Waals surface area contributed by atoms with Crippen LogP contribution >= 0.6 is 0 Å². The Morgan fingerprint density at radius 1 is 0.705 bits per heavy atom. The van der Waals surface area contributed by atoms with Crippen molar-refractivity contribution in [3.8, 4) is 0 Å². The van der Waals surface area contributed by atoms with E-state index in [2.05, 4.69) is 47.2 Å². The van der Waals surface area contributed by atoms with Gasteiger partial charge in [-0.05, 0) is 56.2 Å². The number of aliphatic imine (C=N–C) groups is 1. The molecule has 3 aromatic rings.